The first-order valence-electron chi connectivity index (χ1n) is 9.76. The highest BCUT2D eigenvalue weighted by molar-refractivity contribution is 6.99. The Labute approximate surface area is 167 Å². The monoisotopic (exact) mass is 396 g/mol. The number of carboxylic acids is 1. The molecular weight excluding hydrogens is 368 g/mol. The van der Waals surface area contributed by atoms with Crippen LogP contribution in [0.25, 0.3) is 0 Å². The Morgan fingerprint density at radius 1 is 1.11 bits per heavy atom. The van der Waals surface area contributed by atoms with Crippen LogP contribution in [0.1, 0.15) is 33.6 Å². The molecule has 4 nitrogen and oxygen atoms in total. The molecule has 1 saturated carbocycles. The van der Waals surface area contributed by atoms with Crippen LogP contribution in [0.3, 0.4) is 0 Å². The van der Waals surface area contributed by atoms with Gasteiger partial charge in [0.2, 0.25) is 0 Å². The van der Waals surface area contributed by atoms with Gasteiger partial charge in [-0.05, 0) is 27.8 Å². The lowest BCUT2D eigenvalue weighted by atomic mass is 10.1. The maximum absolute atomic E-state index is 11.5. The quantitative estimate of drug-likeness (QED) is 0.550. The second-order valence-corrected chi connectivity index (χ2v) is 12.8. The number of hydrogen-bond acceptors (Lipinski definition) is 3. The molecular formula is C23H28O4Si. The fraction of sp³-hybridized carbons (Fsp3) is 0.391. The Morgan fingerprint density at radius 3 is 1.96 bits per heavy atom. The van der Waals surface area contributed by atoms with Crippen LogP contribution in [-0.2, 0) is 14.0 Å². The van der Waals surface area contributed by atoms with Gasteiger partial charge in [-0.3, -0.25) is 4.79 Å². The number of benzene rings is 2. The van der Waals surface area contributed by atoms with E-state index >= 15 is 0 Å². The van der Waals surface area contributed by atoms with Crippen molar-refractivity contribution < 1.29 is 19.1 Å². The van der Waals surface area contributed by atoms with Gasteiger partial charge in [-0.2, -0.15) is 0 Å². The summed E-state index contributed by atoms with van der Waals surface area (Å²) in [6.07, 6.45) is 1.27. The molecule has 0 radical (unpaired) electrons. The van der Waals surface area contributed by atoms with Crippen molar-refractivity contribution in [1.29, 1.82) is 0 Å². The highest BCUT2D eigenvalue weighted by Gasteiger charge is 2.56. The summed E-state index contributed by atoms with van der Waals surface area (Å²) in [5.74, 6) is -1.32. The van der Waals surface area contributed by atoms with E-state index in [1.54, 1.807) is 0 Å². The molecule has 3 unspecified atom stereocenters. The fourth-order valence-corrected chi connectivity index (χ4v) is 8.97. The van der Waals surface area contributed by atoms with Gasteiger partial charge in [-0.25, -0.2) is 0 Å². The molecule has 0 heterocycles. The summed E-state index contributed by atoms with van der Waals surface area (Å²) in [6, 6.07) is 20.4. The molecule has 0 bridgehead atoms. The van der Waals surface area contributed by atoms with Gasteiger partial charge in [0, 0.05) is 6.42 Å². The predicted octanol–water partition coefficient (Wildman–Crippen LogP) is 3.24. The van der Waals surface area contributed by atoms with Crippen molar-refractivity contribution in [3.63, 3.8) is 0 Å². The standard InChI is InChI=1S/C23H28O4Si/c1-23(2,3)28(17-10-6-4-7-11-17,18-12-8-5-9-13-18)27-21(14-15-24)19-16-20(19)22(25)26/h4-13,15,19-21H,14,16H2,1-3H3,(H,25,26). The lowest BCUT2D eigenvalue weighted by Crippen LogP contribution is -2.68. The van der Waals surface area contributed by atoms with Crippen molar-refractivity contribution in [3.05, 3.63) is 60.7 Å². The normalized spacial score (nSPS) is 20.4. The van der Waals surface area contributed by atoms with Gasteiger partial charge >= 0.3 is 5.97 Å². The molecule has 3 atom stereocenters. The van der Waals surface area contributed by atoms with Gasteiger partial charge in [0.1, 0.15) is 6.29 Å². The zero-order valence-corrected chi connectivity index (χ0v) is 17.7. The third-order valence-corrected chi connectivity index (χ3v) is 10.8. The Balaban J connectivity index is 2.12. The summed E-state index contributed by atoms with van der Waals surface area (Å²) in [5.41, 5.74) is 0. The zero-order chi connectivity index (χ0) is 20.4. The van der Waals surface area contributed by atoms with E-state index in [9.17, 15) is 14.7 Å². The minimum atomic E-state index is -2.79. The van der Waals surface area contributed by atoms with Crippen LogP contribution in [0, 0.1) is 11.8 Å². The van der Waals surface area contributed by atoms with E-state index in [1.165, 1.54) is 0 Å². The molecule has 2 aromatic rings. The molecule has 148 valence electrons. The Kier molecular flexibility index (Phi) is 5.86. The SMILES string of the molecule is CC(C)(C)[Si](OC(CC=O)C1CC1C(=O)O)(c1ccccc1)c1ccccc1. The van der Waals surface area contributed by atoms with Gasteiger partial charge in [-0.1, -0.05) is 81.4 Å². The summed E-state index contributed by atoms with van der Waals surface area (Å²) in [5, 5.41) is 11.5. The fourth-order valence-electron chi connectivity index (χ4n) is 4.23. The minimum Gasteiger partial charge on any atom is -0.481 e. The van der Waals surface area contributed by atoms with Crippen molar-refractivity contribution in [3.8, 4) is 0 Å². The molecule has 0 spiro atoms. The summed E-state index contributed by atoms with van der Waals surface area (Å²) in [4.78, 5) is 22.9. The summed E-state index contributed by atoms with van der Waals surface area (Å²) < 4.78 is 6.96. The average molecular weight is 397 g/mol. The first kappa shape index (κ1) is 20.5. The molecule has 1 fully saturated rings. The number of carbonyl (C=O) groups excluding carboxylic acids is 1. The number of hydrogen-bond donors (Lipinski definition) is 1. The van der Waals surface area contributed by atoms with Crippen LogP contribution in [0.2, 0.25) is 5.04 Å². The molecule has 1 N–H and O–H groups in total. The van der Waals surface area contributed by atoms with Crippen LogP contribution >= 0.6 is 0 Å². The first-order valence-corrected chi connectivity index (χ1v) is 11.7. The largest absolute Gasteiger partial charge is 0.481 e. The van der Waals surface area contributed by atoms with Crippen molar-refractivity contribution in [2.75, 3.05) is 0 Å². The van der Waals surface area contributed by atoms with E-state index in [1.807, 2.05) is 36.4 Å². The van der Waals surface area contributed by atoms with Crippen LogP contribution in [-0.4, -0.2) is 31.8 Å². The van der Waals surface area contributed by atoms with Crippen molar-refractivity contribution >= 4 is 30.9 Å². The number of aldehydes is 1. The minimum absolute atomic E-state index is 0.107. The van der Waals surface area contributed by atoms with Crippen LogP contribution in [0.5, 0.6) is 0 Å². The molecule has 1 aliphatic carbocycles. The average Bonchev–Trinajstić information content (AvgIpc) is 3.47. The summed E-state index contributed by atoms with van der Waals surface area (Å²) >= 11 is 0. The van der Waals surface area contributed by atoms with E-state index in [0.717, 1.165) is 16.7 Å². The van der Waals surface area contributed by atoms with Gasteiger partial charge in [-0.15, -0.1) is 0 Å². The number of rotatable bonds is 8. The molecule has 0 aromatic heterocycles. The second-order valence-electron chi connectivity index (χ2n) is 8.57. The van der Waals surface area contributed by atoms with E-state index in [0.29, 0.717) is 6.42 Å². The molecule has 2 aromatic carbocycles. The molecule has 28 heavy (non-hydrogen) atoms. The molecule has 0 saturated heterocycles. The number of aliphatic carboxylic acids is 1. The third kappa shape index (κ3) is 3.82. The Hall–Kier alpha value is -2.24. The van der Waals surface area contributed by atoms with Crippen LogP contribution in [0.4, 0.5) is 0 Å². The Morgan fingerprint density at radius 2 is 1.61 bits per heavy atom. The number of carbonyl (C=O) groups is 2. The lowest BCUT2D eigenvalue weighted by Gasteiger charge is -2.45. The topological polar surface area (TPSA) is 63.6 Å². The number of carboxylic acid groups (broad SMARTS) is 1. The molecule has 3 rings (SSSR count). The molecule has 0 aliphatic heterocycles. The van der Waals surface area contributed by atoms with Gasteiger partial charge in [0.05, 0.1) is 12.0 Å². The summed E-state index contributed by atoms with van der Waals surface area (Å²) in [7, 11) is -2.79. The van der Waals surface area contributed by atoms with Gasteiger partial charge < -0.3 is 14.3 Å². The van der Waals surface area contributed by atoms with E-state index < -0.39 is 20.2 Å². The van der Waals surface area contributed by atoms with Gasteiger partial charge in [0.15, 0.2) is 0 Å². The van der Waals surface area contributed by atoms with Crippen molar-refractivity contribution in [2.45, 2.75) is 44.8 Å². The van der Waals surface area contributed by atoms with Crippen molar-refractivity contribution in [2.24, 2.45) is 11.8 Å². The smallest absolute Gasteiger partial charge is 0.306 e. The molecule has 5 heteroatoms. The van der Waals surface area contributed by atoms with E-state index in [4.69, 9.17) is 4.43 Å². The zero-order valence-electron chi connectivity index (χ0n) is 16.7. The van der Waals surface area contributed by atoms with Gasteiger partial charge in [0.25, 0.3) is 8.32 Å². The molecule has 0 amide bonds. The van der Waals surface area contributed by atoms with Crippen molar-refractivity contribution in [1.82, 2.24) is 0 Å². The summed E-state index contributed by atoms with van der Waals surface area (Å²) in [6.45, 7) is 6.54. The second kappa shape index (κ2) is 8.01. The molecule has 1 aliphatic rings. The predicted molar refractivity (Wildman–Crippen MR) is 112 cm³/mol. The maximum atomic E-state index is 11.5. The first-order chi connectivity index (χ1) is 13.3. The van der Waals surface area contributed by atoms with Crippen LogP contribution in [0.15, 0.2) is 60.7 Å². The van der Waals surface area contributed by atoms with Crippen LogP contribution < -0.4 is 10.4 Å². The highest BCUT2D eigenvalue weighted by Crippen LogP contribution is 2.46. The maximum Gasteiger partial charge on any atom is 0.306 e. The highest BCUT2D eigenvalue weighted by atomic mass is 28.4. The Bertz CT molecular complexity index is 774. The third-order valence-electron chi connectivity index (χ3n) is 5.71. The van der Waals surface area contributed by atoms with E-state index in [2.05, 4.69) is 45.0 Å². The van der Waals surface area contributed by atoms with E-state index in [-0.39, 0.29) is 23.5 Å². The lowest BCUT2D eigenvalue weighted by molar-refractivity contribution is -0.139.